The van der Waals surface area contributed by atoms with E-state index in [1.54, 1.807) is 0 Å². The van der Waals surface area contributed by atoms with Crippen LogP contribution in [0.1, 0.15) is 5.56 Å². The van der Waals surface area contributed by atoms with Gasteiger partial charge in [-0.1, -0.05) is 23.2 Å². The van der Waals surface area contributed by atoms with Crippen LogP contribution in [0.3, 0.4) is 0 Å². The summed E-state index contributed by atoms with van der Waals surface area (Å²) in [6.45, 7) is 0. The Balaban J connectivity index is 2.51. The first-order chi connectivity index (χ1) is 11.5. The van der Waals surface area contributed by atoms with Crippen LogP contribution in [0.4, 0.5) is 4.39 Å². The first-order valence-electron chi connectivity index (χ1n) is 6.72. The van der Waals surface area contributed by atoms with E-state index in [9.17, 15) is 17.6 Å². The minimum absolute atomic E-state index is 0.00850. The SMILES string of the molecule is Cn1nc(-c2cc(CSCC(=O)O)c(Cl)cc2F)c(Cl)c1S(C)(=O)=O. The Morgan fingerprint density at radius 2 is 2.04 bits per heavy atom. The molecule has 0 radical (unpaired) electrons. The topological polar surface area (TPSA) is 89.3 Å². The third-order valence-electron chi connectivity index (χ3n) is 3.17. The lowest BCUT2D eigenvalue weighted by Crippen LogP contribution is -2.05. The Bertz CT molecular complexity index is 945. The molecule has 0 atom stereocenters. The molecular weight excluding hydrogens is 414 g/mol. The van der Waals surface area contributed by atoms with E-state index in [1.807, 2.05) is 0 Å². The van der Waals surface area contributed by atoms with Crippen molar-refractivity contribution < 1.29 is 22.7 Å². The van der Waals surface area contributed by atoms with Crippen molar-refractivity contribution in [1.29, 1.82) is 0 Å². The number of rotatable bonds is 6. The Labute approximate surface area is 157 Å². The molecule has 11 heteroatoms. The lowest BCUT2D eigenvalue weighted by molar-refractivity contribution is -0.133. The van der Waals surface area contributed by atoms with Crippen LogP contribution in [0.5, 0.6) is 0 Å². The first kappa shape index (κ1) is 20.0. The molecule has 0 amide bonds. The van der Waals surface area contributed by atoms with Crippen LogP contribution in [0.2, 0.25) is 10.0 Å². The zero-order valence-corrected chi connectivity index (χ0v) is 16.2. The third kappa shape index (κ3) is 4.46. The summed E-state index contributed by atoms with van der Waals surface area (Å²) in [5.74, 6) is -1.58. The van der Waals surface area contributed by atoms with Crippen molar-refractivity contribution in [1.82, 2.24) is 9.78 Å². The van der Waals surface area contributed by atoms with Gasteiger partial charge in [0.25, 0.3) is 0 Å². The summed E-state index contributed by atoms with van der Waals surface area (Å²) in [5.41, 5.74) is 0.459. The number of aromatic nitrogens is 2. The van der Waals surface area contributed by atoms with E-state index in [0.717, 1.165) is 28.8 Å². The predicted octanol–water partition coefficient (Wildman–Crippen LogP) is 3.25. The minimum atomic E-state index is -3.66. The molecule has 0 fully saturated rings. The molecule has 0 bridgehead atoms. The van der Waals surface area contributed by atoms with Gasteiger partial charge in [-0.2, -0.15) is 5.10 Å². The average molecular weight is 427 g/mol. The third-order valence-corrected chi connectivity index (χ3v) is 6.12. The van der Waals surface area contributed by atoms with Crippen LogP contribution in [0.15, 0.2) is 17.2 Å². The van der Waals surface area contributed by atoms with Gasteiger partial charge in [-0.3, -0.25) is 9.48 Å². The Hall–Kier alpha value is -1.29. The second-order valence-electron chi connectivity index (χ2n) is 5.17. The molecule has 2 rings (SSSR count). The maximum atomic E-state index is 14.3. The molecule has 0 saturated carbocycles. The second kappa shape index (κ2) is 7.53. The molecule has 25 heavy (non-hydrogen) atoms. The Morgan fingerprint density at radius 3 is 2.56 bits per heavy atom. The monoisotopic (exact) mass is 426 g/mol. The highest BCUT2D eigenvalue weighted by molar-refractivity contribution is 7.99. The molecule has 1 aromatic carbocycles. The van der Waals surface area contributed by atoms with E-state index in [-0.39, 0.29) is 37.8 Å². The summed E-state index contributed by atoms with van der Waals surface area (Å²) in [5, 5.41) is 12.4. The van der Waals surface area contributed by atoms with Crippen LogP contribution in [-0.2, 0) is 27.4 Å². The van der Waals surface area contributed by atoms with Gasteiger partial charge >= 0.3 is 5.97 Å². The van der Waals surface area contributed by atoms with Crippen molar-refractivity contribution >= 4 is 50.8 Å². The molecule has 0 aliphatic heterocycles. The van der Waals surface area contributed by atoms with Crippen molar-refractivity contribution in [3.8, 4) is 11.3 Å². The fraction of sp³-hybridized carbons (Fsp3) is 0.286. The molecule has 1 N–H and O–H groups in total. The second-order valence-corrected chi connectivity index (χ2v) is 8.88. The van der Waals surface area contributed by atoms with Gasteiger partial charge in [-0.25, -0.2) is 12.8 Å². The zero-order chi connectivity index (χ0) is 18.9. The van der Waals surface area contributed by atoms with Crippen LogP contribution < -0.4 is 0 Å². The van der Waals surface area contributed by atoms with Crippen molar-refractivity contribution in [2.75, 3.05) is 12.0 Å². The summed E-state index contributed by atoms with van der Waals surface area (Å²) in [6.07, 6.45) is 0.978. The van der Waals surface area contributed by atoms with E-state index >= 15 is 0 Å². The number of carboxylic acids is 1. The Kier molecular flexibility index (Phi) is 6.03. The van der Waals surface area contributed by atoms with Crippen molar-refractivity contribution in [2.24, 2.45) is 7.05 Å². The molecule has 0 aliphatic carbocycles. The lowest BCUT2D eigenvalue weighted by atomic mass is 10.1. The normalized spacial score (nSPS) is 11.7. The molecular formula is C14H13Cl2FN2O4S2. The van der Waals surface area contributed by atoms with E-state index in [1.165, 1.54) is 13.1 Å². The van der Waals surface area contributed by atoms with Crippen LogP contribution in [-0.4, -0.2) is 41.3 Å². The van der Waals surface area contributed by atoms with Gasteiger partial charge in [0.1, 0.15) is 16.5 Å². The first-order valence-corrected chi connectivity index (χ1v) is 10.5. The number of carboxylic acid groups (broad SMARTS) is 1. The molecule has 0 unspecified atom stereocenters. The van der Waals surface area contributed by atoms with E-state index in [4.69, 9.17) is 28.3 Å². The fourth-order valence-electron chi connectivity index (χ4n) is 2.19. The van der Waals surface area contributed by atoms with Gasteiger partial charge in [0.15, 0.2) is 14.9 Å². The summed E-state index contributed by atoms with van der Waals surface area (Å²) in [4.78, 5) is 10.6. The largest absolute Gasteiger partial charge is 0.481 e. The fourth-order valence-corrected chi connectivity index (χ4v) is 4.85. The van der Waals surface area contributed by atoms with E-state index in [0.29, 0.717) is 5.56 Å². The number of aliphatic carboxylic acids is 1. The number of hydrogen-bond acceptors (Lipinski definition) is 5. The number of thioether (sulfide) groups is 1. The molecule has 2 aromatic rings. The zero-order valence-electron chi connectivity index (χ0n) is 13.1. The summed E-state index contributed by atoms with van der Waals surface area (Å²) in [6, 6.07) is 2.46. The molecule has 1 aromatic heterocycles. The highest BCUT2D eigenvalue weighted by Crippen LogP contribution is 2.36. The number of benzene rings is 1. The Morgan fingerprint density at radius 1 is 1.40 bits per heavy atom. The maximum absolute atomic E-state index is 14.3. The van der Waals surface area contributed by atoms with E-state index < -0.39 is 21.6 Å². The van der Waals surface area contributed by atoms with Crippen molar-refractivity contribution in [2.45, 2.75) is 10.8 Å². The van der Waals surface area contributed by atoms with Gasteiger partial charge in [0, 0.05) is 29.6 Å². The molecule has 0 aliphatic rings. The number of halogens is 3. The van der Waals surface area contributed by atoms with Crippen molar-refractivity contribution in [3.05, 3.63) is 33.6 Å². The summed E-state index contributed by atoms with van der Waals surface area (Å²) in [7, 11) is -2.26. The van der Waals surface area contributed by atoms with E-state index in [2.05, 4.69) is 5.10 Å². The lowest BCUT2D eigenvalue weighted by Gasteiger charge is -2.08. The molecule has 0 spiro atoms. The molecule has 1 heterocycles. The van der Waals surface area contributed by atoms with Crippen molar-refractivity contribution in [3.63, 3.8) is 0 Å². The standard InChI is InChI=1S/C14H13Cl2FN2O4S2/c1-19-14(25(2,22)23)12(16)13(18-19)8-3-7(5-24-6-11(20)21)9(15)4-10(8)17/h3-4H,5-6H2,1-2H3,(H,20,21). The summed E-state index contributed by atoms with van der Waals surface area (Å²) >= 11 is 13.2. The maximum Gasteiger partial charge on any atom is 0.313 e. The van der Waals surface area contributed by atoms with Crippen LogP contribution in [0.25, 0.3) is 11.3 Å². The number of aryl methyl sites for hydroxylation is 1. The molecule has 0 saturated heterocycles. The van der Waals surface area contributed by atoms with Gasteiger partial charge in [0.05, 0.1) is 5.75 Å². The number of hydrogen-bond donors (Lipinski definition) is 1. The number of sulfone groups is 1. The van der Waals surface area contributed by atoms with Crippen LogP contribution >= 0.6 is 35.0 Å². The van der Waals surface area contributed by atoms with Gasteiger partial charge < -0.3 is 5.11 Å². The highest BCUT2D eigenvalue weighted by Gasteiger charge is 2.25. The number of nitrogens with zero attached hydrogens (tertiary/aromatic N) is 2. The van der Waals surface area contributed by atoms with Gasteiger partial charge in [0.2, 0.25) is 0 Å². The predicted molar refractivity (Wildman–Crippen MR) is 95.5 cm³/mol. The van der Waals surface area contributed by atoms with Gasteiger partial charge in [-0.15, -0.1) is 11.8 Å². The summed E-state index contributed by atoms with van der Waals surface area (Å²) < 4.78 is 39.0. The number of carbonyl (C=O) groups is 1. The van der Waals surface area contributed by atoms with Gasteiger partial charge in [-0.05, 0) is 17.7 Å². The minimum Gasteiger partial charge on any atom is -0.481 e. The van der Waals surface area contributed by atoms with Crippen LogP contribution in [0, 0.1) is 5.82 Å². The smallest absolute Gasteiger partial charge is 0.313 e. The highest BCUT2D eigenvalue weighted by atomic mass is 35.5. The molecule has 136 valence electrons. The molecule has 6 nitrogen and oxygen atoms in total. The quantitative estimate of drug-likeness (QED) is 0.762. The average Bonchev–Trinajstić information content (AvgIpc) is 2.75.